The van der Waals surface area contributed by atoms with Crippen LogP contribution in [0.25, 0.3) is 0 Å². The number of hydrogen-bond acceptors (Lipinski definition) is 4. The number of carbonyl (C=O) groups excluding carboxylic acids is 2. The number of nitrogens with one attached hydrogen (secondary N) is 1. The van der Waals surface area contributed by atoms with Gasteiger partial charge < -0.3 is 14.5 Å². The van der Waals surface area contributed by atoms with Crippen molar-refractivity contribution in [1.82, 2.24) is 20.0 Å². The van der Waals surface area contributed by atoms with E-state index in [2.05, 4.69) is 10.2 Å². The minimum atomic E-state index is -0.0818. The van der Waals surface area contributed by atoms with E-state index in [0.717, 1.165) is 11.3 Å². The molecule has 0 radical (unpaired) electrons. The van der Waals surface area contributed by atoms with Crippen LogP contribution in [0.2, 0.25) is 0 Å². The minimum Gasteiger partial charge on any atom is -0.372 e. The fraction of sp³-hybridized carbons (Fsp3) is 0.667. The van der Waals surface area contributed by atoms with Crippen LogP contribution in [0, 0.1) is 0 Å². The van der Waals surface area contributed by atoms with E-state index in [1.165, 1.54) is 0 Å². The van der Waals surface area contributed by atoms with Crippen molar-refractivity contribution in [2.75, 3.05) is 32.8 Å². The van der Waals surface area contributed by atoms with E-state index in [1.807, 2.05) is 20.8 Å². The van der Waals surface area contributed by atoms with Gasteiger partial charge in [-0.3, -0.25) is 14.7 Å². The predicted octanol–water partition coefficient (Wildman–Crippen LogP) is 0.813. The van der Waals surface area contributed by atoms with Crippen molar-refractivity contribution in [3.05, 3.63) is 17.0 Å². The van der Waals surface area contributed by atoms with Gasteiger partial charge in [-0.1, -0.05) is 0 Å². The number of aromatic nitrogens is 2. The molecule has 0 aliphatic carbocycles. The van der Waals surface area contributed by atoms with Gasteiger partial charge in [-0.25, -0.2) is 0 Å². The second kappa shape index (κ2) is 7.40. The summed E-state index contributed by atoms with van der Waals surface area (Å²) >= 11 is 0. The number of rotatable bonds is 6. The molecule has 2 amide bonds. The van der Waals surface area contributed by atoms with E-state index in [-0.39, 0.29) is 18.4 Å². The van der Waals surface area contributed by atoms with E-state index in [9.17, 15) is 9.59 Å². The molecule has 2 rings (SSSR count). The lowest BCUT2D eigenvalue weighted by Crippen LogP contribution is -2.39. The first-order valence-electron chi connectivity index (χ1n) is 7.83. The van der Waals surface area contributed by atoms with Gasteiger partial charge in [-0.2, -0.15) is 5.10 Å². The Kier molecular flexibility index (Phi) is 5.54. The smallest absolute Gasteiger partial charge is 0.274 e. The highest BCUT2D eigenvalue weighted by Crippen LogP contribution is 2.21. The third kappa shape index (κ3) is 3.30. The summed E-state index contributed by atoms with van der Waals surface area (Å²) in [5, 5.41) is 7.13. The van der Waals surface area contributed by atoms with E-state index >= 15 is 0 Å². The van der Waals surface area contributed by atoms with Gasteiger partial charge in [-0.15, -0.1) is 0 Å². The summed E-state index contributed by atoms with van der Waals surface area (Å²) in [4.78, 5) is 28.1. The number of nitrogens with zero attached hydrogens (tertiary/aromatic N) is 3. The fourth-order valence-electron chi connectivity index (χ4n) is 2.63. The molecule has 1 aliphatic heterocycles. The van der Waals surface area contributed by atoms with Gasteiger partial charge >= 0.3 is 0 Å². The first-order chi connectivity index (χ1) is 10.6. The molecule has 0 unspecified atom stereocenters. The summed E-state index contributed by atoms with van der Waals surface area (Å²) in [6, 6.07) is 0. The maximum atomic E-state index is 12.5. The lowest BCUT2D eigenvalue weighted by Gasteiger charge is -2.27. The lowest BCUT2D eigenvalue weighted by atomic mass is 10.0. The predicted molar refractivity (Wildman–Crippen MR) is 81.5 cm³/mol. The van der Waals surface area contributed by atoms with Crippen LogP contribution >= 0.6 is 0 Å². The molecule has 1 aromatic heterocycles. The zero-order valence-electron chi connectivity index (χ0n) is 13.5. The molecule has 2 heterocycles. The molecule has 0 saturated carbocycles. The van der Waals surface area contributed by atoms with Gasteiger partial charge in [0.25, 0.3) is 5.91 Å². The number of H-pyrrole nitrogens is 1. The van der Waals surface area contributed by atoms with Crippen LogP contribution in [0.5, 0.6) is 0 Å². The highest BCUT2D eigenvalue weighted by atomic mass is 16.5. The van der Waals surface area contributed by atoms with Gasteiger partial charge in [0.1, 0.15) is 6.61 Å². The van der Waals surface area contributed by atoms with Gasteiger partial charge in [0, 0.05) is 50.5 Å². The summed E-state index contributed by atoms with van der Waals surface area (Å²) in [5.41, 5.74) is 2.23. The average Bonchev–Trinajstić information content (AvgIpc) is 2.96. The Morgan fingerprint density at radius 2 is 2.05 bits per heavy atom. The summed E-state index contributed by atoms with van der Waals surface area (Å²) in [5.74, 6) is -0.128. The standard InChI is InChI=1S/C15H24N4O3/c1-4-18(5-2)15(21)14-11-9-19(13(20)10-22-6-3)8-7-12(11)16-17-14/h4-10H2,1-3H3,(H,16,17). The summed E-state index contributed by atoms with van der Waals surface area (Å²) in [6.45, 7) is 8.68. The highest BCUT2D eigenvalue weighted by Gasteiger charge is 2.29. The van der Waals surface area contributed by atoms with Crippen molar-refractivity contribution in [1.29, 1.82) is 0 Å². The Morgan fingerprint density at radius 3 is 2.68 bits per heavy atom. The Labute approximate surface area is 130 Å². The average molecular weight is 308 g/mol. The minimum absolute atomic E-state index is 0.0464. The number of ether oxygens (including phenoxy) is 1. The molecule has 0 atom stereocenters. The zero-order valence-corrected chi connectivity index (χ0v) is 13.5. The van der Waals surface area contributed by atoms with Crippen LogP contribution in [0.15, 0.2) is 0 Å². The Morgan fingerprint density at radius 1 is 1.32 bits per heavy atom. The quantitative estimate of drug-likeness (QED) is 0.843. The molecular weight excluding hydrogens is 284 g/mol. The number of hydrogen-bond donors (Lipinski definition) is 1. The number of amides is 2. The van der Waals surface area contributed by atoms with E-state index in [4.69, 9.17) is 4.74 Å². The molecule has 0 fully saturated rings. The molecular formula is C15H24N4O3. The van der Waals surface area contributed by atoms with Gasteiger partial charge in [-0.05, 0) is 20.8 Å². The van der Waals surface area contributed by atoms with E-state index in [1.54, 1.807) is 9.80 Å². The van der Waals surface area contributed by atoms with Crippen molar-refractivity contribution in [2.45, 2.75) is 33.7 Å². The van der Waals surface area contributed by atoms with Crippen LogP contribution in [-0.4, -0.2) is 64.7 Å². The first-order valence-corrected chi connectivity index (χ1v) is 7.83. The Hall–Kier alpha value is -1.89. The van der Waals surface area contributed by atoms with E-state index < -0.39 is 0 Å². The molecule has 1 aliphatic rings. The third-order valence-electron chi connectivity index (χ3n) is 3.97. The molecule has 7 nitrogen and oxygen atoms in total. The van der Waals surface area contributed by atoms with Crippen LogP contribution in [-0.2, 0) is 22.5 Å². The van der Waals surface area contributed by atoms with Crippen molar-refractivity contribution >= 4 is 11.8 Å². The zero-order chi connectivity index (χ0) is 16.1. The van der Waals surface area contributed by atoms with Crippen molar-refractivity contribution in [3.63, 3.8) is 0 Å². The van der Waals surface area contributed by atoms with Crippen LogP contribution < -0.4 is 0 Å². The first kappa shape index (κ1) is 16.5. The fourth-order valence-corrected chi connectivity index (χ4v) is 2.63. The van der Waals surface area contributed by atoms with Gasteiger partial charge in [0.15, 0.2) is 5.69 Å². The topological polar surface area (TPSA) is 78.5 Å². The maximum absolute atomic E-state index is 12.5. The van der Waals surface area contributed by atoms with Gasteiger partial charge in [0.05, 0.1) is 0 Å². The van der Waals surface area contributed by atoms with Crippen LogP contribution in [0.4, 0.5) is 0 Å². The summed E-state index contributed by atoms with van der Waals surface area (Å²) in [6.07, 6.45) is 0.686. The van der Waals surface area contributed by atoms with E-state index in [0.29, 0.717) is 44.9 Å². The molecule has 0 spiro atoms. The highest BCUT2D eigenvalue weighted by molar-refractivity contribution is 5.94. The lowest BCUT2D eigenvalue weighted by molar-refractivity contribution is -0.136. The second-order valence-electron chi connectivity index (χ2n) is 5.21. The van der Waals surface area contributed by atoms with Crippen molar-refractivity contribution < 1.29 is 14.3 Å². The second-order valence-corrected chi connectivity index (χ2v) is 5.21. The molecule has 7 heteroatoms. The number of aromatic amines is 1. The Bertz CT molecular complexity index is 537. The molecule has 0 saturated heterocycles. The molecule has 22 heavy (non-hydrogen) atoms. The van der Waals surface area contributed by atoms with Crippen LogP contribution in [0.1, 0.15) is 42.5 Å². The normalized spacial score (nSPS) is 13.9. The maximum Gasteiger partial charge on any atom is 0.274 e. The molecule has 0 aromatic carbocycles. The van der Waals surface area contributed by atoms with Crippen molar-refractivity contribution in [3.8, 4) is 0 Å². The summed E-state index contributed by atoms with van der Waals surface area (Å²) in [7, 11) is 0. The largest absolute Gasteiger partial charge is 0.372 e. The Balaban J connectivity index is 2.15. The number of fused-ring (bicyclic) bond motifs is 1. The number of carbonyl (C=O) groups is 2. The molecule has 0 bridgehead atoms. The molecule has 1 aromatic rings. The van der Waals surface area contributed by atoms with Gasteiger partial charge in [0.2, 0.25) is 5.91 Å². The van der Waals surface area contributed by atoms with Crippen LogP contribution in [0.3, 0.4) is 0 Å². The molecule has 122 valence electrons. The summed E-state index contributed by atoms with van der Waals surface area (Å²) < 4.78 is 5.18. The monoisotopic (exact) mass is 308 g/mol. The molecule has 1 N–H and O–H groups in total. The van der Waals surface area contributed by atoms with Crippen molar-refractivity contribution in [2.24, 2.45) is 0 Å². The SMILES string of the molecule is CCOCC(=O)N1CCc2[nH]nc(C(=O)N(CC)CC)c2C1. The third-order valence-corrected chi connectivity index (χ3v) is 3.97.